The molecule has 7 heteroatoms. The van der Waals surface area contributed by atoms with Gasteiger partial charge in [0.15, 0.2) is 5.13 Å². The van der Waals surface area contributed by atoms with Crippen LogP contribution in [0.2, 0.25) is 0 Å². The number of nitrogens with one attached hydrogen (secondary N) is 1. The standard InChI is InChI=1S/C10H10N4O2S/c1-6-5-11-10(17-6)12-9(16)7-3-4-8(15)14(2)13-7/h3-5H,1-2H3,(H,11,12,16). The highest BCUT2D eigenvalue weighted by Crippen LogP contribution is 2.16. The van der Waals surface area contributed by atoms with Gasteiger partial charge in [0.05, 0.1) is 0 Å². The van der Waals surface area contributed by atoms with Crippen LogP contribution in [0.5, 0.6) is 0 Å². The van der Waals surface area contributed by atoms with Crippen LogP contribution in [0.4, 0.5) is 5.13 Å². The minimum Gasteiger partial charge on any atom is -0.296 e. The summed E-state index contributed by atoms with van der Waals surface area (Å²) < 4.78 is 1.11. The first-order valence-electron chi connectivity index (χ1n) is 4.84. The van der Waals surface area contributed by atoms with Crippen LogP contribution >= 0.6 is 11.3 Å². The van der Waals surface area contributed by atoms with Crippen molar-refractivity contribution in [3.63, 3.8) is 0 Å². The number of aryl methyl sites for hydroxylation is 2. The zero-order valence-electron chi connectivity index (χ0n) is 9.30. The van der Waals surface area contributed by atoms with Gasteiger partial charge in [-0.15, -0.1) is 11.3 Å². The van der Waals surface area contributed by atoms with E-state index in [1.165, 1.54) is 30.5 Å². The number of carbonyl (C=O) groups is 1. The molecule has 0 atom stereocenters. The quantitative estimate of drug-likeness (QED) is 0.855. The number of hydrogen-bond acceptors (Lipinski definition) is 5. The second-order valence-electron chi connectivity index (χ2n) is 3.41. The molecule has 2 rings (SSSR count). The van der Waals surface area contributed by atoms with Crippen molar-refractivity contribution in [1.29, 1.82) is 0 Å². The molecule has 17 heavy (non-hydrogen) atoms. The normalized spacial score (nSPS) is 10.2. The summed E-state index contributed by atoms with van der Waals surface area (Å²) in [5.41, 5.74) is -0.0772. The topological polar surface area (TPSA) is 76.9 Å². The van der Waals surface area contributed by atoms with E-state index >= 15 is 0 Å². The SMILES string of the molecule is Cc1cnc(NC(=O)c2ccc(=O)n(C)n2)s1. The maximum atomic E-state index is 11.8. The van der Waals surface area contributed by atoms with Crippen molar-refractivity contribution in [2.24, 2.45) is 7.05 Å². The van der Waals surface area contributed by atoms with E-state index in [1.807, 2.05) is 6.92 Å². The number of aromatic nitrogens is 3. The number of rotatable bonds is 2. The Morgan fingerprint density at radius 1 is 1.47 bits per heavy atom. The first-order chi connectivity index (χ1) is 8.06. The van der Waals surface area contributed by atoms with Gasteiger partial charge in [-0.2, -0.15) is 5.10 Å². The fourth-order valence-electron chi connectivity index (χ4n) is 1.20. The lowest BCUT2D eigenvalue weighted by atomic mass is 10.4. The molecular formula is C10H10N4O2S. The summed E-state index contributed by atoms with van der Waals surface area (Å²) in [5, 5.41) is 6.98. The predicted molar refractivity (Wildman–Crippen MR) is 64.3 cm³/mol. The Morgan fingerprint density at radius 2 is 2.24 bits per heavy atom. The van der Waals surface area contributed by atoms with Crippen LogP contribution in [0.25, 0.3) is 0 Å². The number of anilines is 1. The predicted octanol–water partition coefficient (Wildman–Crippen LogP) is 0.798. The van der Waals surface area contributed by atoms with Crippen LogP contribution in [0.1, 0.15) is 15.4 Å². The number of hydrogen-bond donors (Lipinski definition) is 1. The molecule has 2 aromatic heterocycles. The van der Waals surface area contributed by atoms with E-state index in [1.54, 1.807) is 6.20 Å². The highest BCUT2D eigenvalue weighted by Gasteiger charge is 2.10. The maximum Gasteiger partial charge on any atom is 0.277 e. The molecule has 0 aliphatic heterocycles. The van der Waals surface area contributed by atoms with Crippen LogP contribution in [0.3, 0.4) is 0 Å². The summed E-state index contributed by atoms with van der Waals surface area (Å²) in [5.74, 6) is -0.380. The molecular weight excluding hydrogens is 240 g/mol. The molecule has 0 fully saturated rings. The molecule has 2 aromatic rings. The number of carbonyl (C=O) groups excluding carboxylic acids is 1. The molecule has 0 radical (unpaired) electrons. The molecule has 0 aromatic carbocycles. The summed E-state index contributed by atoms with van der Waals surface area (Å²) in [6, 6.07) is 2.69. The molecule has 0 saturated carbocycles. The van der Waals surface area contributed by atoms with Crippen molar-refractivity contribution in [1.82, 2.24) is 14.8 Å². The van der Waals surface area contributed by atoms with Gasteiger partial charge in [0, 0.05) is 24.2 Å². The monoisotopic (exact) mass is 250 g/mol. The average molecular weight is 250 g/mol. The smallest absolute Gasteiger partial charge is 0.277 e. The molecule has 0 saturated heterocycles. The molecule has 88 valence electrons. The Balaban J connectivity index is 2.20. The zero-order valence-corrected chi connectivity index (χ0v) is 10.1. The van der Waals surface area contributed by atoms with Gasteiger partial charge in [-0.1, -0.05) is 0 Å². The largest absolute Gasteiger partial charge is 0.296 e. The first kappa shape index (κ1) is 11.5. The second kappa shape index (κ2) is 4.46. The van der Waals surface area contributed by atoms with Gasteiger partial charge in [-0.25, -0.2) is 9.67 Å². The molecule has 0 unspecified atom stereocenters. The van der Waals surface area contributed by atoms with Crippen LogP contribution in [0, 0.1) is 6.92 Å². The van der Waals surface area contributed by atoms with Crippen LogP contribution in [-0.2, 0) is 7.05 Å². The lowest BCUT2D eigenvalue weighted by Crippen LogP contribution is -2.23. The zero-order chi connectivity index (χ0) is 12.4. The maximum absolute atomic E-state index is 11.8. The van der Waals surface area contributed by atoms with E-state index in [4.69, 9.17) is 0 Å². The molecule has 2 heterocycles. The van der Waals surface area contributed by atoms with Crippen LogP contribution in [0.15, 0.2) is 23.1 Å². The van der Waals surface area contributed by atoms with Gasteiger partial charge >= 0.3 is 0 Å². The van der Waals surface area contributed by atoms with Gasteiger partial charge in [0.2, 0.25) is 0 Å². The van der Waals surface area contributed by atoms with E-state index in [0.717, 1.165) is 9.56 Å². The van der Waals surface area contributed by atoms with Gasteiger partial charge in [-0.05, 0) is 13.0 Å². The lowest BCUT2D eigenvalue weighted by molar-refractivity contribution is 0.102. The van der Waals surface area contributed by atoms with Crippen molar-refractivity contribution in [3.05, 3.63) is 39.3 Å². The van der Waals surface area contributed by atoms with Crippen LogP contribution in [-0.4, -0.2) is 20.7 Å². The number of amides is 1. The average Bonchev–Trinajstić information content (AvgIpc) is 2.68. The summed E-state index contributed by atoms with van der Waals surface area (Å²) in [7, 11) is 1.49. The molecule has 6 nitrogen and oxygen atoms in total. The van der Waals surface area contributed by atoms with Crippen molar-refractivity contribution in [3.8, 4) is 0 Å². The molecule has 0 bridgehead atoms. The minimum atomic E-state index is -0.380. The molecule has 1 N–H and O–H groups in total. The molecule has 0 aliphatic carbocycles. The van der Waals surface area contributed by atoms with E-state index in [-0.39, 0.29) is 17.2 Å². The molecule has 0 spiro atoms. The molecule has 0 aliphatic rings. The van der Waals surface area contributed by atoms with Crippen molar-refractivity contribution < 1.29 is 4.79 Å². The van der Waals surface area contributed by atoms with E-state index in [2.05, 4.69) is 15.4 Å². The van der Waals surface area contributed by atoms with Crippen LogP contribution < -0.4 is 10.9 Å². The highest BCUT2D eigenvalue weighted by molar-refractivity contribution is 7.15. The Hall–Kier alpha value is -2.02. The Morgan fingerprint density at radius 3 is 2.82 bits per heavy atom. The van der Waals surface area contributed by atoms with Crippen molar-refractivity contribution >= 4 is 22.4 Å². The third kappa shape index (κ3) is 2.56. The highest BCUT2D eigenvalue weighted by atomic mass is 32.1. The van der Waals surface area contributed by atoms with Crippen molar-refractivity contribution in [2.75, 3.05) is 5.32 Å². The fourth-order valence-corrected chi connectivity index (χ4v) is 1.86. The molecule has 1 amide bonds. The third-order valence-corrected chi connectivity index (χ3v) is 2.86. The second-order valence-corrected chi connectivity index (χ2v) is 4.65. The van der Waals surface area contributed by atoms with E-state index in [0.29, 0.717) is 5.13 Å². The van der Waals surface area contributed by atoms with E-state index in [9.17, 15) is 9.59 Å². The lowest BCUT2D eigenvalue weighted by Gasteiger charge is -2.01. The van der Waals surface area contributed by atoms with Gasteiger partial charge in [0.25, 0.3) is 11.5 Å². The number of nitrogens with zero attached hydrogens (tertiary/aromatic N) is 3. The van der Waals surface area contributed by atoms with Gasteiger partial charge < -0.3 is 0 Å². The third-order valence-electron chi connectivity index (χ3n) is 2.03. The Bertz CT molecular complexity index is 617. The Kier molecular flexibility index (Phi) is 3.01. The van der Waals surface area contributed by atoms with E-state index < -0.39 is 0 Å². The fraction of sp³-hybridized carbons (Fsp3) is 0.200. The Labute approximate surface area is 101 Å². The first-order valence-corrected chi connectivity index (χ1v) is 5.66. The minimum absolute atomic E-state index is 0.181. The van der Waals surface area contributed by atoms with Crippen molar-refractivity contribution in [2.45, 2.75) is 6.92 Å². The van der Waals surface area contributed by atoms with Gasteiger partial charge in [-0.3, -0.25) is 14.9 Å². The summed E-state index contributed by atoms with van der Waals surface area (Å²) in [4.78, 5) is 27.9. The summed E-state index contributed by atoms with van der Waals surface area (Å²) in [6.45, 7) is 1.90. The summed E-state index contributed by atoms with van der Waals surface area (Å²) >= 11 is 1.38. The summed E-state index contributed by atoms with van der Waals surface area (Å²) in [6.07, 6.45) is 1.68. The number of thiazole rings is 1. The van der Waals surface area contributed by atoms with Gasteiger partial charge in [0.1, 0.15) is 5.69 Å².